The first-order valence-electron chi connectivity index (χ1n) is 5.00. The van der Waals surface area contributed by atoms with Gasteiger partial charge in [0.05, 0.1) is 6.10 Å². The number of thiophene rings is 1. The second kappa shape index (κ2) is 6.17. The maximum atomic E-state index is 5.31. The van der Waals surface area contributed by atoms with E-state index in [2.05, 4.69) is 29.8 Å². The highest BCUT2D eigenvalue weighted by atomic mass is 32.1. The lowest BCUT2D eigenvalue weighted by molar-refractivity contribution is 0.0829. The second-order valence-electron chi connectivity index (χ2n) is 3.45. The predicted molar refractivity (Wildman–Crippen MR) is 62.0 cm³/mol. The van der Waals surface area contributed by atoms with E-state index < -0.39 is 0 Å². The Labute approximate surface area is 90.3 Å². The molecule has 2 atom stereocenters. The molecule has 1 aromatic heterocycles. The van der Waals surface area contributed by atoms with Crippen LogP contribution in [0.2, 0.25) is 0 Å². The van der Waals surface area contributed by atoms with Crippen molar-refractivity contribution in [1.82, 2.24) is 5.32 Å². The maximum absolute atomic E-state index is 5.31. The average Bonchev–Trinajstić information content (AvgIpc) is 2.71. The summed E-state index contributed by atoms with van der Waals surface area (Å²) in [4.78, 5) is 1.45. The van der Waals surface area contributed by atoms with Gasteiger partial charge in [0.1, 0.15) is 0 Å². The van der Waals surface area contributed by atoms with Gasteiger partial charge in [-0.2, -0.15) is 0 Å². The molecule has 14 heavy (non-hydrogen) atoms. The smallest absolute Gasteiger partial charge is 0.0696 e. The number of likely N-dealkylation sites (N-methyl/N-ethyl adjacent to an activating group) is 1. The molecule has 0 aromatic carbocycles. The number of ether oxygens (including phenoxy) is 1. The zero-order chi connectivity index (χ0) is 10.4. The molecule has 1 heterocycles. The fraction of sp³-hybridized carbons (Fsp3) is 0.636. The fourth-order valence-corrected chi connectivity index (χ4v) is 2.26. The number of methoxy groups -OCH3 is 1. The molecule has 0 spiro atoms. The second-order valence-corrected chi connectivity index (χ2v) is 4.49. The van der Waals surface area contributed by atoms with Gasteiger partial charge in [0.2, 0.25) is 0 Å². The minimum absolute atomic E-state index is 0.278. The van der Waals surface area contributed by atoms with Gasteiger partial charge in [-0.25, -0.2) is 0 Å². The molecule has 0 aliphatic carbocycles. The normalized spacial score (nSPS) is 15.4. The third-order valence-electron chi connectivity index (χ3n) is 2.59. The Morgan fingerprint density at radius 3 is 2.86 bits per heavy atom. The van der Waals surface area contributed by atoms with E-state index in [9.17, 15) is 0 Å². The lowest BCUT2D eigenvalue weighted by atomic mass is 10.1. The molecule has 0 radical (unpaired) electrons. The average molecular weight is 213 g/mol. The summed E-state index contributed by atoms with van der Waals surface area (Å²) >= 11 is 1.83. The lowest BCUT2D eigenvalue weighted by Crippen LogP contribution is -2.37. The summed E-state index contributed by atoms with van der Waals surface area (Å²) < 4.78 is 5.31. The minimum atomic E-state index is 0.278. The molecule has 1 aromatic rings. The molecular formula is C11H19NOS. The van der Waals surface area contributed by atoms with Crippen molar-refractivity contribution >= 4 is 11.3 Å². The highest BCUT2D eigenvalue weighted by Gasteiger charge is 2.14. The monoisotopic (exact) mass is 213 g/mol. The van der Waals surface area contributed by atoms with E-state index in [0.717, 1.165) is 12.8 Å². The van der Waals surface area contributed by atoms with Crippen molar-refractivity contribution in [2.45, 2.75) is 31.9 Å². The van der Waals surface area contributed by atoms with Crippen LogP contribution >= 0.6 is 11.3 Å². The quantitative estimate of drug-likeness (QED) is 0.783. The molecule has 0 bridgehead atoms. The van der Waals surface area contributed by atoms with Gasteiger partial charge in [-0.15, -0.1) is 11.3 Å². The molecule has 0 fully saturated rings. The highest BCUT2D eigenvalue weighted by Crippen LogP contribution is 2.13. The molecular weight excluding hydrogens is 194 g/mol. The number of nitrogens with one attached hydrogen (secondary N) is 1. The Balaban J connectivity index is 2.34. The Hall–Kier alpha value is -0.380. The van der Waals surface area contributed by atoms with Gasteiger partial charge in [0.25, 0.3) is 0 Å². The zero-order valence-corrected chi connectivity index (χ0v) is 9.93. The third-order valence-corrected chi connectivity index (χ3v) is 3.53. The van der Waals surface area contributed by atoms with E-state index in [1.807, 2.05) is 18.4 Å². The predicted octanol–water partition coefficient (Wildman–Crippen LogP) is 2.30. The molecule has 0 aliphatic heterocycles. The molecule has 0 saturated heterocycles. The first-order valence-corrected chi connectivity index (χ1v) is 5.88. The van der Waals surface area contributed by atoms with Crippen LogP contribution in [0, 0.1) is 0 Å². The van der Waals surface area contributed by atoms with E-state index in [1.165, 1.54) is 4.88 Å². The van der Waals surface area contributed by atoms with Crippen LogP contribution in [0.3, 0.4) is 0 Å². The first kappa shape index (κ1) is 11.7. The van der Waals surface area contributed by atoms with Crippen molar-refractivity contribution in [3.63, 3.8) is 0 Å². The maximum Gasteiger partial charge on any atom is 0.0696 e. The van der Waals surface area contributed by atoms with E-state index in [4.69, 9.17) is 4.74 Å². The summed E-state index contributed by atoms with van der Waals surface area (Å²) in [5.41, 5.74) is 0. The van der Waals surface area contributed by atoms with Crippen LogP contribution in [0.15, 0.2) is 17.5 Å². The Morgan fingerprint density at radius 2 is 2.36 bits per heavy atom. The van der Waals surface area contributed by atoms with Gasteiger partial charge in [0.15, 0.2) is 0 Å². The molecule has 0 aliphatic rings. The van der Waals surface area contributed by atoms with Crippen molar-refractivity contribution in [3.05, 3.63) is 22.4 Å². The molecule has 80 valence electrons. The summed E-state index contributed by atoms with van der Waals surface area (Å²) in [6, 6.07) is 4.74. The molecule has 2 unspecified atom stereocenters. The standard InChI is InChI=1S/C11H19NOS/c1-9(13-3)11(12-2)7-6-10-5-4-8-14-10/h4-5,8-9,11-12H,6-7H2,1-3H3. The SMILES string of the molecule is CNC(CCc1cccs1)C(C)OC. The van der Waals surface area contributed by atoms with Crippen molar-refractivity contribution in [1.29, 1.82) is 0 Å². The number of hydrogen-bond acceptors (Lipinski definition) is 3. The van der Waals surface area contributed by atoms with E-state index in [1.54, 1.807) is 7.11 Å². The molecule has 1 N–H and O–H groups in total. The number of aryl methyl sites for hydroxylation is 1. The van der Waals surface area contributed by atoms with Crippen LogP contribution in [0.4, 0.5) is 0 Å². The van der Waals surface area contributed by atoms with Crippen LogP contribution in [0.25, 0.3) is 0 Å². The van der Waals surface area contributed by atoms with Crippen molar-refractivity contribution < 1.29 is 4.74 Å². The van der Waals surface area contributed by atoms with Gasteiger partial charge < -0.3 is 10.1 Å². The highest BCUT2D eigenvalue weighted by molar-refractivity contribution is 7.09. The topological polar surface area (TPSA) is 21.3 Å². The van der Waals surface area contributed by atoms with Crippen LogP contribution in [0.5, 0.6) is 0 Å². The minimum Gasteiger partial charge on any atom is -0.380 e. The van der Waals surface area contributed by atoms with Crippen LogP contribution in [-0.2, 0) is 11.2 Å². The van der Waals surface area contributed by atoms with E-state index in [-0.39, 0.29) is 6.10 Å². The van der Waals surface area contributed by atoms with Crippen LogP contribution in [-0.4, -0.2) is 26.3 Å². The Kier molecular flexibility index (Phi) is 5.15. The molecule has 0 saturated carbocycles. The van der Waals surface area contributed by atoms with Gasteiger partial charge in [-0.1, -0.05) is 6.07 Å². The molecule has 3 heteroatoms. The largest absolute Gasteiger partial charge is 0.380 e. The van der Waals surface area contributed by atoms with Gasteiger partial charge in [0, 0.05) is 18.0 Å². The van der Waals surface area contributed by atoms with E-state index in [0.29, 0.717) is 6.04 Å². The van der Waals surface area contributed by atoms with Crippen molar-refractivity contribution in [2.75, 3.05) is 14.2 Å². The van der Waals surface area contributed by atoms with Gasteiger partial charge in [-0.05, 0) is 38.3 Å². The lowest BCUT2D eigenvalue weighted by Gasteiger charge is -2.21. The number of rotatable bonds is 6. The first-order chi connectivity index (χ1) is 6.77. The summed E-state index contributed by atoms with van der Waals surface area (Å²) in [7, 11) is 3.76. The van der Waals surface area contributed by atoms with E-state index >= 15 is 0 Å². The zero-order valence-electron chi connectivity index (χ0n) is 9.12. The third kappa shape index (κ3) is 3.40. The Morgan fingerprint density at radius 1 is 1.57 bits per heavy atom. The summed E-state index contributed by atoms with van der Waals surface area (Å²) in [5.74, 6) is 0. The van der Waals surface area contributed by atoms with Crippen molar-refractivity contribution in [3.8, 4) is 0 Å². The van der Waals surface area contributed by atoms with Crippen molar-refractivity contribution in [2.24, 2.45) is 0 Å². The molecule has 1 rings (SSSR count). The summed E-state index contributed by atoms with van der Waals surface area (Å²) in [5, 5.41) is 5.42. The molecule has 0 amide bonds. The van der Waals surface area contributed by atoms with Gasteiger partial charge in [-0.3, -0.25) is 0 Å². The fourth-order valence-electron chi connectivity index (χ4n) is 1.53. The van der Waals surface area contributed by atoms with Crippen LogP contribution < -0.4 is 5.32 Å². The van der Waals surface area contributed by atoms with Crippen LogP contribution in [0.1, 0.15) is 18.2 Å². The summed E-state index contributed by atoms with van der Waals surface area (Å²) in [6.45, 7) is 2.11. The number of hydrogen-bond donors (Lipinski definition) is 1. The molecule has 2 nitrogen and oxygen atoms in total. The summed E-state index contributed by atoms with van der Waals surface area (Å²) in [6.07, 6.45) is 2.54. The van der Waals surface area contributed by atoms with Gasteiger partial charge >= 0.3 is 0 Å². The Bertz CT molecular complexity index is 235.